The smallest absolute Gasteiger partial charge is 0.417 e. The molecule has 4 heterocycles. The van der Waals surface area contributed by atoms with E-state index >= 15 is 0 Å². The lowest BCUT2D eigenvalue weighted by Gasteiger charge is -2.15. The lowest BCUT2D eigenvalue weighted by Crippen LogP contribution is -2.37. The molecule has 0 saturated carbocycles. The Morgan fingerprint density at radius 2 is 1.98 bits per heavy atom. The van der Waals surface area contributed by atoms with Crippen LogP contribution >= 0.6 is 0 Å². The molecule has 5 aromatic rings. The van der Waals surface area contributed by atoms with Gasteiger partial charge in [-0.2, -0.15) is 13.2 Å². The summed E-state index contributed by atoms with van der Waals surface area (Å²) in [4.78, 5) is 7.18. The van der Waals surface area contributed by atoms with Crippen LogP contribution in [0.1, 0.15) is 17.7 Å². The highest BCUT2D eigenvalue weighted by molar-refractivity contribution is 5.77. The number of rotatable bonds is 7. The van der Waals surface area contributed by atoms with E-state index in [4.69, 9.17) is 14.0 Å². The summed E-state index contributed by atoms with van der Waals surface area (Å²) in [6.07, 6.45) is -0.861. The molecule has 0 amide bonds. The Bertz CT molecular complexity index is 1680. The van der Waals surface area contributed by atoms with Gasteiger partial charge in [-0.3, -0.25) is 0 Å². The largest absolute Gasteiger partial charge is 0.493 e. The molecule has 0 spiro atoms. The zero-order valence-electron chi connectivity index (χ0n) is 20.7. The minimum Gasteiger partial charge on any atom is -0.493 e. The fourth-order valence-electron chi connectivity index (χ4n) is 4.48. The Labute approximate surface area is 223 Å². The molecule has 13 heteroatoms. The van der Waals surface area contributed by atoms with E-state index in [2.05, 4.69) is 20.2 Å². The first kappa shape index (κ1) is 25.9. The summed E-state index contributed by atoms with van der Waals surface area (Å²) in [5.74, 6) is -1.40. The minimum absolute atomic E-state index is 0.00477. The van der Waals surface area contributed by atoms with Crippen LogP contribution in [0.2, 0.25) is 0 Å². The number of H-pyrrole nitrogens is 1. The summed E-state index contributed by atoms with van der Waals surface area (Å²) in [6.45, 7) is 1.46. The van der Waals surface area contributed by atoms with Gasteiger partial charge in [0.05, 0.1) is 24.3 Å². The molecule has 0 bridgehead atoms. The Hall–Kier alpha value is -4.39. The highest BCUT2D eigenvalue weighted by Crippen LogP contribution is 2.39. The third-order valence-electron chi connectivity index (χ3n) is 6.53. The summed E-state index contributed by atoms with van der Waals surface area (Å²) >= 11 is 0. The number of halogens is 5. The third kappa shape index (κ3) is 5.24. The number of benzene rings is 2. The van der Waals surface area contributed by atoms with Crippen molar-refractivity contribution < 1.29 is 40.6 Å². The Balaban J connectivity index is 1.22. The summed E-state index contributed by atoms with van der Waals surface area (Å²) < 4.78 is 87.2. The second-order valence-corrected chi connectivity index (χ2v) is 9.38. The average Bonchev–Trinajstić information content (AvgIpc) is 3.70. The van der Waals surface area contributed by atoms with Crippen LogP contribution in [0.4, 0.5) is 22.0 Å². The highest BCUT2D eigenvalue weighted by Gasteiger charge is 2.35. The van der Waals surface area contributed by atoms with Gasteiger partial charge in [0.2, 0.25) is 18.5 Å². The van der Waals surface area contributed by atoms with E-state index in [1.54, 1.807) is 6.20 Å². The van der Waals surface area contributed by atoms with E-state index in [1.165, 1.54) is 41.2 Å². The first-order valence-electron chi connectivity index (χ1n) is 12.3. The molecule has 8 nitrogen and oxygen atoms in total. The summed E-state index contributed by atoms with van der Waals surface area (Å²) in [5, 5.41) is 8.07. The van der Waals surface area contributed by atoms with Crippen molar-refractivity contribution in [3.63, 3.8) is 0 Å². The molecular weight excluding hydrogens is 537 g/mol. The summed E-state index contributed by atoms with van der Waals surface area (Å²) in [5.41, 5.74) is -0.187. The number of nitrogens with one attached hydrogen (secondary N) is 1. The number of imidazole rings is 1. The van der Waals surface area contributed by atoms with E-state index in [0.29, 0.717) is 24.2 Å². The Morgan fingerprint density at radius 1 is 1.10 bits per heavy atom. The van der Waals surface area contributed by atoms with Crippen LogP contribution in [0, 0.1) is 17.6 Å². The lowest BCUT2D eigenvalue weighted by atomic mass is 10.0. The molecule has 1 aliphatic rings. The van der Waals surface area contributed by atoms with Gasteiger partial charge in [-0.15, -0.1) is 0 Å². The maximum Gasteiger partial charge on any atom is 0.417 e. The molecule has 6 rings (SSSR count). The van der Waals surface area contributed by atoms with E-state index in [1.807, 2.05) is 0 Å². The molecule has 3 aromatic heterocycles. The van der Waals surface area contributed by atoms with Crippen molar-refractivity contribution in [3.05, 3.63) is 77.8 Å². The van der Waals surface area contributed by atoms with Crippen molar-refractivity contribution in [3.8, 4) is 28.4 Å². The molecule has 1 atom stereocenters. The van der Waals surface area contributed by atoms with Crippen LogP contribution in [-0.4, -0.2) is 40.0 Å². The monoisotopic (exact) mass is 558 g/mol. The van der Waals surface area contributed by atoms with Gasteiger partial charge in [0.25, 0.3) is 0 Å². The fourth-order valence-corrected chi connectivity index (χ4v) is 4.48. The normalized spacial score (nSPS) is 15.7. The van der Waals surface area contributed by atoms with Crippen LogP contribution in [-0.2, 0) is 17.5 Å². The van der Waals surface area contributed by atoms with Gasteiger partial charge in [-0.25, -0.2) is 13.8 Å². The van der Waals surface area contributed by atoms with Gasteiger partial charge < -0.3 is 19.0 Å². The van der Waals surface area contributed by atoms with Gasteiger partial charge >= 0.3 is 6.18 Å². The van der Waals surface area contributed by atoms with Gasteiger partial charge in [0.1, 0.15) is 34.5 Å². The molecule has 0 aliphatic carbocycles. The van der Waals surface area contributed by atoms with Crippen LogP contribution in [0.15, 0.2) is 59.4 Å². The summed E-state index contributed by atoms with van der Waals surface area (Å²) in [6, 6.07) is 8.91. The Morgan fingerprint density at radius 3 is 2.77 bits per heavy atom. The van der Waals surface area contributed by atoms with Crippen molar-refractivity contribution in [1.29, 1.82) is 0 Å². The number of hydrogen-bond donors (Lipinski definition) is 1. The first-order chi connectivity index (χ1) is 19.2. The van der Waals surface area contributed by atoms with Crippen molar-refractivity contribution in [1.82, 2.24) is 20.2 Å². The number of hydrogen-bond acceptors (Lipinski definition) is 6. The first-order valence-corrected chi connectivity index (χ1v) is 12.3. The van der Waals surface area contributed by atoms with Crippen molar-refractivity contribution in [2.45, 2.75) is 19.1 Å². The second-order valence-electron chi connectivity index (χ2n) is 9.38. The highest BCUT2D eigenvalue weighted by atomic mass is 19.4. The van der Waals surface area contributed by atoms with E-state index in [0.717, 1.165) is 18.6 Å². The third-order valence-corrected chi connectivity index (χ3v) is 6.53. The predicted octanol–water partition coefficient (Wildman–Crippen LogP) is 5.33. The van der Waals surface area contributed by atoms with E-state index < -0.39 is 23.4 Å². The fraction of sp³-hybridized carbons (Fsp3) is 0.259. The van der Waals surface area contributed by atoms with E-state index in [9.17, 15) is 22.0 Å². The topological polar surface area (TPSA) is 89.9 Å². The van der Waals surface area contributed by atoms with Crippen LogP contribution < -0.4 is 9.42 Å². The van der Waals surface area contributed by atoms with Gasteiger partial charge in [0.15, 0.2) is 11.6 Å². The molecule has 1 unspecified atom stereocenters. The van der Waals surface area contributed by atoms with Gasteiger partial charge in [0, 0.05) is 24.2 Å². The SMILES string of the molecule is Fc1cccc(-c2nc3cn[n+](Cc4cc(-c5ccc(OCC6CCOC6)cc5C(F)(F)F)no4)cc3[nH]2)c1F. The van der Waals surface area contributed by atoms with Crippen LogP contribution in [0.5, 0.6) is 5.75 Å². The average molecular weight is 558 g/mol. The van der Waals surface area contributed by atoms with Crippen LogP contribution in [0.25, 0.3) is 33.7 Å². The van der Waals surface area contributed by atoms with E-state index in [-0.39, 0.29) is 53.2 Å². The second kappa shape index (κ2) is 10.3. The maximum atomic E-state index is 14.2. The predicted molar refractivity (Wildman–Crippen MR) is 130 cm³/mol. The molecule has 1 saturated heterocycles. The maximum absolute atomic E-state index is 14.2. The number of nitrogens with zero attached hydrogens (tertiary/aromatic N) is 4. The molecule has 1 aliphatic heterocycles. The van der Waals surface area contributed by atoms with Crippen molar-refractivity contribution in [2.24, 2.45) is 5.92 Å². The lowest BCUT2D eigenvalue weighted by molar-refractivity contribution is -0.746. The number of alkyl halides is 3. The quantitative estimate of drug-likeness (QED) is 0.215. The number of fused-ring (bicyclic) bond motifs is 1. The Kier molecular flexibility index (Phi) is 6.66. The molecule has 0 radical (unpaired) electrons. The summed E-state index contributed by atoms with van der Waals surface area (Å²) in [7, 11) is 0. The van der Waals surface area contributed by atoms with Gasteiger partial charge in [-0.1, -0.05) is 15.9 Å². The molecule has 1 N–H and O–H groups in total. The molecule has 2 aromatic carbocycles. The zero-order chi connectivity index (χ0) is 27.9. The molecular formula is C27H21F5N5O3+. The van der Waals surface area contributed by atoms with Crippen LogP contribution in [0.3, 0.4) is 0 Å². The number of aromatic nitrogens is 5. The number of ether oxygens (including phenoxy) is 2. The van der Waals surface area contributed by atoms with Crippen molar-refractivity contribution in [2.75, 3.05) is 19.8 Å². The minimum atomic E-state index is -4.65. The zero-order valence-corrected chi connectivity index (χ0v) is 20.7. The standard InChI is InChI=1S/C27H20F5N5O3/c28-21-3-1-2-19(25(21)29)26-34-23-10-33-37(12-24(23)35-26)11-17-9-22(36-40-17)18-5-4-16(8-20(18)27(30,31)32)39-14-15-6-7-38-13-15/h1-5,8-10,12,15H,6-7,11,13-14H2/p+1. The molecule has 206 valence electrons. The molecule has 1 fully saturated rings. The molecule has 40 heavy (non-hydrogen) atoms. The van der Waals surface area contributed by atoms with Crippen molar-refractivity contribution >= 4 is 11.0 Å². The van der Waals surface area contributed by atoms with Gasteiger partial charge in [-0.05, 0) is 41.9 Å². The number of aromatic amines is 1.